The number of anilines is 1. The Morgan fingerprint density at radius 3 is 2.23 bits per heavy atom. The number of sulfonamides is 1. The molecule has 7 nitrogen and oxygen atoms in total. The molecule has 2 aromatic carbocycles. The fourth-order valence-corrected chi connectivity index (χ4v) is 4.76. The maximum atomic E-state index is 13.3. The van der Waals surface area contributed by atoms with Crippen LogP contribution in [-0.2, 0) is 26.2 Å². The van der Waals surface area contributed by atoms with Gasteiger partial charge in [-0.3, -0.25) is 13.9 Å². The molecule has 0 heterocycles. The molecule has 0 aliphatic heterocycles. The SMILES string of the molecule is Cc1ccc(C)c(N(CCCC(=O)N(Cc2ccc(F)cc2)[C@@H](C)C(=O)NC(C)C)S(C)(=O)=O)c1. The van der Waals surface area contributed by atoms with E-state index in [9.17, 15) is 22.4 Å². The van der Waals surface area contributed by atoms with Crippen LogP contribution in [0.25, 0.3) is 0 Å². The van der Waals surface area contributed by atoms with Crippen molar-refractivity contribution in [2.24, 2.45) is 0 Å². The fourth-order valence-electron chi connectivity index (χ4n) is 3.74. The number of aryl methyl sites for hydroxylation is 2. The first-order chi connectivity index (χ1) is 16.3. The number of nitrogens with one attached hydrogen (secondary N) is 1. The highest BCUT2D eigenvalue weighted by atomic mass is 32.2. The van der Waals surface area contributed by atoms with Crippen LogP contribution in [0.2, 0.25) is 0 Å². The van der Waals surface area contributed by atoms with E-state index in [1.54, 1.807) is 19.1 Å². The molecular formula is C26H36FN3O4S. The van der Waals surface area contributed by atoms with Gasteiger partial charge in [-0.2, -0.15) is 0 Å². The van der Waals surface area contributed by atoms with Gasteiger partial charge >= 0.3 is 0 Å². The lowest BCUT2D eigenvalue weighted by atomic mass is 10.1. The zero-order chi connectivity index (χ0) is 26.3. The van der Waals surface area contributed by atoms with E-state index < -0.39 is 16.1 Å². The summed E-state index contributed by atoms with van der Waals surface area (Å²) >= 11 is 0. The first kappa shape index (κ1) is 28.3. The molecule has 35 heavy (non-hydrogen) atoms. The Bertz CT molecular complexity index is 1130. The van der Waals surface area contributed by atoms with E-state index in [0.717, 1.165) is 17.4 Å². The van der Waals surface area contributed by atoms with Gasteiger partial charge in [0.1, 0.15) is 11.9 Å². The summed E-state index contributed by atoms with van der Waals surface area (Å²) < 4.78 is 39.7. The molecule has 0 bridgehead atoms. The summed E-state index contributed by atoms with van der Waals surface area (Å²) in [4.78, 5) is 27.3. The van der Waals surface area contributed by atoms with E-state index >= 15 is 0 Å². The Kier molecular flexibility index (Phi) is 9.82. The van der Waals surface area contributed by atoms with Gasteiger partial charge in [0.25, 0.3) is 0 Å². The molecule has 0 radical (unpaired) electrons. The number of hydrogen-bond acceptors (Lipinski definition) is 4. The minimum atomic E-state index is -3.56. The molecule has 0 aliphatic carbocycles. The quantitative estimate of drug-likeness (QED) is 0.501. The summed E-state index contributed by atoms with van der Waals surface area (Å²) in [7, 11) is -3.56. The van der Waals surface area contributed by atoms with Gasteiger partial charge in [-0.1, -0.05) is 24.3 Å². The maximum Gasteiger partial charge on any atom is 0.242 e. The molecular weight excluding hydrogens is 469 g/mol. The Balaban J connectivity index is 2.20. The molecule has 2 aromatic rings. The van der Waals surface area contributed by atoms with E-state index in [4.69, 9.17) is 0 Å². The van der Waals surface area contributed by atoms with E-state index in [0.29, 0.717) is 11.3 Å². The van der Waals surface area contributed by atoms with Crippen LogP contribution in [0.1, 0.15) is 50.3 Å². The molecule has 192 valence electrons. The van der Waals surface area contributed by atoms with Crippen LogP contribution in [-0.4, -0.2) is 50.0 Å². The van der Waals surface area contributed by atoms with Crippen molar-refractivity contribution >= 4 is 27.5 Å². The second kappa shape index (κ2) is 12.2. The first-order valence-corrected chi connectivity index (χ1v) is 13.5. The topological polar surface area (TPSA) is 86.8 Å². The van der Waals surface area contributed by atoms with Gasteiger partial charge in [-0.25, -0.2) is 12.8 Å². The summed E-state index contributed by atoms with van der Waals surface area (Å²) in [6.07, 6.45) is 1.48. The highest BCUT2D eigenvalue weighted by molar-refractivity contribution is 7.92. The van der Waals surface area contributed by atoms with Gasteiger partial charge in [0.15, 0.2) is 0 Å². The summed E-state index contributed by atoms with van der Waals surface area (Å²) in [6, 6.07) is 10.5. The lowest BCUT2D eigenvalue weighted by molar-refractivity contribution is -0.140. The summed E-state index contributed by atoms with van der Waals surface area (Å²) in [5.74, 6) is -0.955. The summed E-state index contributed by atoms with van der Waals surface area (Å²) in [5.41, 5.74) is 3.04. The molecule has 0 unspecified atom stereocenters. The average Bonchev–Trinajstić information content (AvgIpc) is 2.76. The van der Waals surface area contributed by atoms with Crippen molar-refractivity contribution < 1.29 is 22.4 Å². The molecule has 0 saturated carbocycles. The molecule has 1 N–H and O–H groups in total. The molecule has 0 saturated heterocycles. The van der Waals surface area contributed by atoms with Crippen molar-refractivity contribution in [3.63, 3.8) is 0 Å². The predicted molar refractivity (Wildman–Crippen MR) is 137 cm³/mol. The minimum absolute atomic E-state index is 0.0530. The lowest BCUT2D eigenvalue weighted by Crippen LogP contribution is -2.49. The third kappa shape index (κ3) is 8.35. The van der Waals surface area contributed by atoms with E-state index in [1.807, 2.05) is 45.9 Å². The first-order valence-electron chi connectivity index (χ1n) is 11.7. The van der Waals surface area contributed by atoms with E-state index in [-0.39, 0.29) is 49.6 Å². The van der Waals surface area contributed by atoms with Crippen molar-refractivity contribution in [1.82, 2.24) is 10.2 Å². The molecule has 9 heteroatoms. The van der Waals surface area contributed by atoms with Crippen LogP contribution in [0.15, 0.2) is 42.5 Å². The number of benzene rings is 2. The molecule has 0 fully saturated rings. The second-order valence-corrected chi connectivity index (χ2v) is 11.1. The molecule has 1 atom stereocenters. The van der Waals surface area contributed by atoms with E-state index in [2.05, 4.69) is 5.32 Å². The number of carbonyl (C=O) groups excluding carboxylic acids is 2. The number of amides is 2. The molecule has 2 amide bonds. The molecule has 0 aromatic heterocycles. The third-order valence-corrected chi connectivity index (χ3v) is 6.83. The normalized spacial score (nSPS) is 12.3. The summed E-state index contributed by atoms with van der Waals surface area (Å²) in [5, 5.41) is 2.82. The van der Waals surface area contributed by atoms with Crippen molar-refractivity contribution in [2.75, 3.05) is 17.1 Å². The monoisotopic (exact) mass is 505 g/mol. The number of hydrogen-bond donors (Lipinski definition) is 1. The van der Waals surface area contributed by atoms with Crippen LogP contribution in [0.5, 0.6) is 0 Å². The Morgan fingerprint density at radius 2 is 1.66 bits per heavy atom. The van der Waals surface area contributed by atoms with Crippen LogP contribution in [0.3, 0.4) is 0 Å². The van der Waals surface area contributed by atoms with Crippen LogP contribution < -0.4 is 9.62 Å². The predicted octanol–water partition coefficient (Wildman–Crippen LogP) is 3.93. The highest BCUT2D eigenvalue weighted by Crippen LogP contribution is 2.24. The van der Waals surface area contributed by atoms with Gasteiger partial charge < -0.3 is 10.2 Å². The standard InChI is InChI=1S/C26H36FN3O4S/c1-18(2)28-26(32)21(5)29(17-22-11-13-23(27)14-12-22)25(31)8-7-15-30(35(6,33)34)24-16-19(3)9-10-20(24)4/h9-14,16,18,21H,7-8,15,17H2,1-6H3,(H,28,32)/t21-/m0/s1. The minimum Gasteiger partial charge on any atom is -0.352 e. The average molecular weight is 506 g/mol. The zero-order valence-electron chi connectivity index (χ0n) is 21.3. The van der Waals surface area contributed by atoms with Crippen LogP contribution >= 0.6 is 0 Å². The number of rotatable bonds is 11. The molecule has 2 rings (SSSR count). The largest absolute Gasteiger partial charge is 0.352 e. The smallest absolute Gasteiger partial charge is 0.242 e. The highest BCUT2D eigenvalue weighted by Gasteiger charge is 2.27. The van der Waals surface area contributed by atoms with Crippen molar-refractivity contribution in [2.45, 2.75) is 66.1 Å². The number of nitrogens with zero attached hydrogens (tertiary/aromatic N) is 2. The zero-order valence-corrected chi connectivity index (χ0v) is 22.2. The second-order valence-electron chi connectivity index (χ2n) is 9.22. The van der Waals surface area contributed by atoms with Crippen molar-refractivity contribution in [3.05, 3.63) is 65.0 Å². The summed E-state index contributed by atoms with van der Waals surface area (Å²) in [6.45, 7) is 9.33. The Morgan fingerprint density at radius 1 is 1.03 bits per heavy atom. The Hall–Kier alpha value is -2.94. The number of carbonyl (C=O) groups is 2. The molecule has 0 spiro atoms. The fraction of sp³-hybridized carbons (Fsp3) is 0.462. The van der Waals surface area contributed by atoms with Gasteiger partial charge in [0, 0.05) is 25.6 Å². The van der Waals surface area contributed by atoms with Crippen molar-refractivity contribution in [1.29, 1.82) is 0 Å². The van der Waals surface area contributed by atoms with E-state index in [1.165, 1.54) is 21.3 Å². The number of halogens is 1. The Labute approximate surface area is 208 Å². The lowest BCUT2D eigenvalue weighted by Gasteiger charge is -2.30. The van der Waals surface area contributed by atoms with Gasteiger partial charge in [-0.05, 0) is 75.9 Å². The van der Waals surface area contributed by atoms with Crippen LogP contribution in [0, 0.1) is 19.7 Å². The van der Waals surface area contributed by atoms with Gasteiger partial charge in [0.05, 0.1) is 11.9 Å². The third-order valence-electron chi connectivity index (χ3n) is 5.65. The van der Waals surface area contributed by atoms with Crippen molar-refractivity contribution in [3.8, 4) is 0 Å². The molecule has 0 aliphatic rings. The van der Waals surface area contributed by atoms with Crippen LogP contribution in [0.4, 0.5) is 10.1 Å². The maximum absolute atomic E-state index is 13.3. The van der Waals surface area contributed by atoms with Gasteiger partial charge in [-0.15, -0.1) is 0 Å². The van der Waals surface area contributed by atoms with Gasteiger partial charge in [0.2, 0.25) is 21.8 Å².